The van der Waals surface area contributed by atoms with Gasteiger partial charge in [0.1, 0.15) is 23.9 Å². The number of anilines is 1. The first kappa shape index (κ1) is 15.2. The van der Waals surface area contributed by atoms with Crippen molar-refractivity contribution in [3.05, 3.63) is 64.2 Å². The summed E-state index contributed by atoms with van der Waals surface area (Å²) >= 11 is 0. The normalized spacial score (nSPS) is 15.5. The number of non-ortho nitro benzene ring substituents is 1. The molecule has 1 aliphatic heterocycles. The van der Waals surface area contributed by atoms with Gasteiger partial charge in [-0.15, -0.1) is 0 Å². The van der Waals surface area contributed by atoms with Gasteiger partial charge in [0, 0.05) is 17.5 Å². The van der Waals surface area contributed by atoms with Crippen molar-refractivity contribution in [1.82, 2.24) is 4.98 Å². The van der Waals surface area contributed by atoms with E-state index in [0.717, 1.165) is 22.4 Å². The third-order valence-corrected chi connectivity index (χ3v) is 4.21. The van der Waals surface area contributed by atoms with Gasteiger partial charge in [-0.1, -0.05) is 6.07 Å². The Morgan fingerprint density at radius 1 is 1.28 bits per heavy atom. The molecule has 7 heteroatoms. The molecule has 2 aromatic carbocycles. The summed E-state index contributed by atoms with van der Waals surface area (Å²) in [5.41, 5.74) is 1.71. The second-order valence-electron chi connectivity index (χ2n) is 5.71. The average molecular weight is 337 g/mol. The van der Waals surface area contributed by atoms with Gasteiger partial charge in [-0.3, -0.25) is 10.1 Å². The number of nitrogens with one attached hydrogen (secondary N) is 1. The van der Waals surface area contributed by atoms with E-state index < -0.39 is 4.92 Å². The van der Waals surface area contributed by atoms with Gasteiger partial charge in [0.15, 0.2) is 0 Å². The number of pyridine rings is 1. The van der Waals surface area contributed by atoms with Gasteiger partial charge >= 0.3 is 0 Å². The highest BCUT2D eigenvalue weighted by Gasteiger charge is 2.28. The molecule has 0 amide bonds. The maximum atomic E-state index is 10.9. The van der Waals surface area contributed by atoms with E-state index in [-0.39, 0.29) is 11.7 Å². The van der Waals surface area contributed by atoms with E-state index >= 15 is 0 Å². The molecule has 0 spiro atoms. The lowest BCUT2D eigenvalue weighted by molar-refractivity contribution is -0.384. The summed E-state index contributed by atoms with van der Waals surface area (Å²) in [4.78, 5) is 15.0. The van der Waals surface area contributed by atoms with Crippen LogP contribution in [-0.2, 0) is 0 Å². The van der Waals surface area contributed by atoms with Crippen molar-refractivity contribution in [2.75, 3.05) is 19.0 Å². The van der Waals surface area contributed by atoms with Crippen molar-refractivity contribution in [2.24, 2.45) is 0 Å². The van der Waals surface area contributed by atoms with Crippen molar-refractivity contribution in [3.63, 3.8) is 0 Å². The Balaban J connectivity index is 1.65. The largest absolute Gasteiger partial charge is 0.496 e. The molecular weight excluding hydrogens is 322 g/mol. The molecule has 126 valence electrons. The summed E-state index contributed by atoms with van der Waals surface area (Å²) in [7, 11) is 1.63. The zero-order chi connectivity index (χ0) is 17.4. The Kier molecular flexibility index (Phi) is 3.61. The predicted molar refractivity (Wildman–Crippen MR) is 93.3 cm³/mol. The van der Waals surface area contributed by atoms with E-state index in [1.54, 1.807) is 19.2 Å². The second kappa shape index (κ2) is 5.94. The lowest BCUT2D eigenvalue weighted by Gasteiger charge is -2.15. The molecule has 1 aliphatic rings. The van der Waals surface area contributed by atoms with Crippen LogP contribution in [0.25, 0.3) is 10.9 Å². The number of rotatable bonds is 4. The standard InChI is InChI=1S/C18H15N3O4/c1-24-15-3-2-4-16-18(15)14(10-25-16)20-17-8-5-11-9-12(21(22)23)6-7-13(11)19-17/h2-9,14H,10H2,1H3,(H,19,20)/t14-/m1/s1. The smallest absolute Gasteiger partial charge is 0.270 e. The molecule has 0 fully saturated rings. The van der Waals surface area contributed by atoms with E-state index in [0.29, 0.717) is 17.9 Å². The molecule has 0 saturated heterocycles. The number of hydrogen-bond donors (Lipinski definition) is 1. The van der Waals surface area contributed by atoms with Crippen LogP contribution in [0.2, 0.25) is 0 Å². The molecule has 0 unspecified atom stereocenters. The van der Waals surface area contributed by atoms with Gasteiger partial charge < -0.3 is 14.8 Å². The molecule has 1 aromatic heterocycles. The molecular formula is C18H15N3O4. The number of nitro groups is 1. The zero-order valence-corrected chi connectivity index (χ0v) is 13.4. The van der Waals surface area contributed by atoms with Crippen molar-refractivity contribution in [1.29, 1.82) is 0 Å². The average Bonchev–Trinajstić information content (AvgIpc) is 3.04. The highest BCUT2D eigenvalue weighted by atomic mass is 16.6. The van der Waals surface area contributed by atoms with Crippen molar-refractivity contribution in [2.45, 2.75) is 6.04 Å². The molecule has 0 bridgehead atoms. The number of methoxy groups -OCH3 is 1. The van der Waals surface area contributed by atoms with Crippen molar-refractivity contribution in [3.8, 4) is 11.5 Å². The molecule has 1 N–H and O–H groups in total. The van der Waals surface area contributed by atoms with Crippen molar-refractivity contribution >= 4 is 22.4 Å². The number of aromatic nitrogens is 1. The zero-order valence-electron chi connectivity index (χ0n) is 13.4. The Labute approximate surface area is 143 Å². The molecule has 0 aliphatic carbocycles. The monoisotopic (exact) mass is 337 g/mol. The van der Waals surface area contributed by atoms with E-state index in [1.807, 2.05) is 24.3 Å². The quantitative estimate of drug-likeness (QED) is 0.577. The van der Waals surface area contributed by atoms with E-state index in [1.165, 1.54) is 12.1 Å². The highest BCUT2D eigenvalue weighted by molar-refractivity contribution is 5.82. The molecule has 1 atom stereocenters. The molecule has 0 radical (unpaired) electrons. The van der Waals surface area contributed by atoms with Gasteiger partial charge in [0.2, 0.25) is 0 Å². The lowest BCUT2D eigenvalue weighted by atomic mass is 10.1. The SMILES string of the molecule is COc1cccc2c1[C@H](Nc1ccc3cc([N+](=O)[O-])ccc3n1)CO2. The number of fused-ring (bicyclic) bond motifs is 2. The summed E-state index contributed by atoms with van der Waals surface area (Å²) in [5.74, 6) is 2.24. The fourth-order valence-corrected chi connectivity index (χ4v) is 3.03. The molecule has 2 heterocycles. The van der Waals surface area contributed by atoms with Crippen LogP contribution in [0, 0.1) is 10.1 Å². The molecule has 0 saturated carbocycles. The van der Waals surface area contributed by atoms with Crippen LogP contribution in [-0.4, -0.2) is 23.6 Å². The number of hydrogen-bond acceptors (Lipinski definition) is 6. The van der Waals surface area contributed by atoms with Crippen molar-refractivity contribution < 1.29 is 14.4 Å². The Hall–Kier alpha value is -3.35. The maximum absolute atomic E-state index is 10.9. The number of ether oxygens (including phenoxy) is 2. The minimum absolute atomic E-state index is 0.0536. The molecule has 4 rings (SSSR count). The third kappa shape index (κ3) is 2.69. The molecule has 7 nitrogen and oxygen atoms in total. The topological polar surface area (TPSA) is 86.5 Å². The number of nitro benzene ring substituents is 1. The van der Waals surface area contributed by atoms with Gasteiger partial charge in [-0.2, -0.15) is 0 Å². The first-order chi connectivity index (χ1) is 12.2. The van der Waals surface area contributed by atoms with Gasteiger partial charge in [0.05, 0.1) is 29.2 Å². The van der Waals surface area contributed by atoms with Crippen LogP contribution in [0.5, 0.6) is 11.5 Å². The van der Waals surface area contributed by atoms with Crippen LogP contribution >= 0.6 is 0 Å². The highest BCUT2D eigenvalue weighted by Crippen LogP contribution is 2.40. The molecule has 25 heavy (non-hydrogen) atoms. The van der Waals surface area contributed by atoms with Crippen LogP contribution in [0.15, 0.2) is 48.5 Å². The van der Waals surface area contributed by atoms with Gasteiger partial charge in [0.25, 0.3) is 5.69 Å². The van der Waals surface area contributed by atoms with Gasteiger partial charge in [-0.05, 0) is 30.3 Å². The number of nitrogens with zero attached hydrogens (tertiary/aromatic N) is 2. The Morgan fingerprint density at radius 3 is 2.96 bits per heavy atom. The summed E-state index contributed by atoms with van der Waals surface area (Å²) in [6, 6.07) is 13.9. The molecule has 3 aromatic rings. The predicted octanol–water partition coefficient (Wildman–Crippen LogP) is 3.70. The van der Waals surface area contributed by atoms with Crippen LogP contribution in [0.4, 0.5) is 11.5 Å². The Morgan fingerprint density at radius 2 is 2.16 bits per heavy atom. The summed E-state index contributed by atoms with van der Waals surface area (Å²) in [5, 5.41) is 14.9. The number of benzene rings is 2. The van der Waals surface area contributed by atoms with Crippen LogP contribution in [0.3, 0.4) is 0 Å². The van der Waals surface area contributed by atoms with Crippen LogP contribution in [0.1, 0.15) is 11.6 Å². The fraction of sp³-hybridized carbons (Fsp3) is 0.167. The first-order valence-electron chi connectivity index (χ1n) is 7.77. The minimum Gasteiger partial charge on any atom is -0.496 e. The van der Waals surface area contributed by atoms with E-state index in [9.17, 15) is 10.1 Å². The first-order valence-corrected chi connectivity index (χ1v) is 7.77. The third-order valence-electron chi connectivity index (χ3n) is 4.21. The van der Waals surface area contributed by atoms with Crippen LogP contribution < -0.4 is 14.8 Å². The van der Waals surface area contributed by atoms with E-state index in [2.05, 4.69) is 10.3 Å². The van der Waals surface area contributed by atoms with E-state index in [4.69, 9.17) is 9.47 Å². The summed E-state index contributed by atoms with van der Waals surface area (Å²) in [6.07, 6.45) is 0. The maximum Gasteiger partial charge on any atom is 0.270 e. The second-order valence-corrected chi connectivity index (χ2v) is 5.71. The minimum atomic E-state index is -0.412. The van der Waals surface area contributed by atoms with Gasteiger partial charge in [-0.25, -0.2) is 4.98 Å². The summed E-state index contributed by atoms with van der Waals surface area (Å²) < 4.78 is 11.1. The Bertz CT molecular complexity index is 974. The lowest BCUT2D eigenvalue weighted by Crippen LogP contribution is -2.13. The summed E-state index contributed by atoms with van der Waals surface area (Å²) in [6.45, 7) is 0.482. The fourth-order valence-electron chi connectivity index (χ4n) is 3.03.